The van der Waals surface area contributed by atoms with Crippen LogP contribution in [0.4, 0.5) is 0 Å². The van der Waals surface area contributed by atoms with Crippen molar-refractivity contribution in [2.45, 2.75) is 20.8 Å². The van der Waals surface area contributed by atoms with Gasteiger partial charge in [0.05, 0.1) is 0 Å². The molecule has 1 unspecified atom stereocenters. The van der Waals surface area contributed by atoms with E-state index in [0.29, 0.717) is 19.0 Å². The highest BCUT2D eigenvalue weighted by Crippen LogP contribution is 2.13. The van der Waals surface area contributed by atoms with Crippen molar-refractivity contribution in [2.75, 3.05) is 20.1 Å². The molecule has 0 saturated heterocycles. The van der Waals surface area contributed by atoms with Crippen molar-refractivity contribution in [1.82, 2.24) is 4.90 Å². The van der Waals surface area contributed by atoms with E-state index in [0.717, 1.165) is 11.1 Å². The van der Waals surface area contributed by atoms with Crippen LogP contribution in [0.3, 0.4) is 0 Å². The Hall–Kier alpha value is -1.35. The Labute approximate surface area is 104 Å². The maximum Gasteiger partial charge on any atom is 0.253 e. The predicted molar refractivity (Wildman–Crippen MR) is 71.1 cm³/mol. The molecule has 0 spiro atoms. The number of hydrogen-bond acceptors (Lipinski definition) is 2. The van der Waals surface area contributed by atoms with Crippen molar-refractivity contribution in [2.24, 2.45) is 11.7 Å². The molecule has 0 aliphatic rings. The maximum absolute atomic E-state index is 12.2. The van der Waals surface area contributed by atoms with Gasteiger partial charge in [0, 0.05) is 19.2 Å². The van der Waals surface area contributed by atoms with Gasteiger partial charge in [0.25, 0.3) is 5.91 Å². The van der Waals surface area contributed by atoms with E-state index in [-0.39, 0.29) is 5.91 Å². The van der Waals surface area contributed by atoms with Gasteiger partial charge in [-0.2, -0.15) is 0 Å². The molecule has 0 radical (unpaired) electrons. The number of carbonyl (C=O) groups excluding carboxylic acids is 1. The Balaban J connectivity index is 2.81. The van der Waals surface area contributed by atoms with Crippen LogP contribution in [0.2, 0.25) is 0 Å². The molecule has 0 aromatic heterocycles. The number of aryl methyl sites for hydroxylation is 2. The SMILES string of the molecule is Cc1ccc(C(=O)N(C)CC(C)CN)c(C)c1. The first-order valence-corrected chi connectivity index (χ1v) is 5.98. The van der Waals surface area contributed by atoms with Gasteiger partial charge in [-0.25, -0.2) is 0 Å². The summed E-state index contributed by atoms with van der Waals surface area (Å²) in [6.45, 7) is 7.35. The molecule has 2 N–H and O–H groups in total. The van der Waals surface area contributed by atoms with Gasteiger partial charge >= 0.3 is 0 Å². The van der Waals surface area contributed by atoms with Crippen molar-refractivity contribution in [3.8, 4) is 0 Å². The summed E-state index contributed by atoms with van der Waals surface area (Å²) in [6.07, 6.45) is 0. The average Bonchev–Trinajstić information content (AvgIpc) is 2.28. The first-order valence-electron chi connectivity index (χ1n) is 5.98. The van der Waals surface area contributed by atoms with Crippen LogP contribution < -0.4 is 5.73 Å². The number of nitrogens with two attached hydrogens (primary N) is 1. The Morgan fingerprint density at radius 2 is 2.06 bits per heavy atom. The van der Waals surface area contributed by atoms with Crippen LogP contribution in [0.15, 0.2) is 18.2 Å². The van der Waals surface area contributed by atoms with Crippen LogP contribution in [0.25, 0.3) is 0 Å². The van der Waals surface area contributed by atoms with Crippen LogP contribution in [0.1, 0.15) is 28.4 Å². The summed E-state index contributed by atoms with van der Waals surface area (Å²) < 4.78 is 0. The van der Waals surface area contributed by atoms with Gasteiger partial charge in [-0.15, -0.1) is 0 Å². The Kier molecular flexibility index (Phi) is 4.70. The number of hydrogen-bond donors (Lipinski definition) is 1. The molecule has 1 atom stereocenters. The van der Waals surface area contributed by atoms with Gasteiger partial charge in [-0.05, 0) is 37.9 Å². The largest absolute Gasteiger partial charge is 0.341 e. The van der Waals surface area contributed by atoms with Gasteiger partial charge in [0.2, 0.25) is 0 Å². The van der Waals surface area contributed by atoms with Gasteiger partial charge in [-0.1, -0.05) is 24.6 Å². The quantitative estimate of drug-likeness (QED) is 0.865. The number of amides is 1. The van der Waals surface area contributed by atoms with E-state index < -0.39 is 0 Å². The molecule has 0 heterocycles. The summed E-state index contributed by atoms with van der Waals surface area (Å²) in [7, 11) is 1.83. The summed E-state index contributed by atoms with van der Waals surface area (Å²) in [6, 6.07) is 5.91. The minimum atomic E-state index is 0.0720. The second-order valence-electron chi connectivity index (χ2n) is 4.84. The van der Waals surface area contributed by atoms with E-state index >= 15 is 0 Å². The summed E-state index contributed by atoms with van der Waals surface area (Å²) in [5, 5.41) is 0. The van der Waals surface area contributed by atoms with Crippen molar-refractivity contribution in [3.63, 3.8) is 0 Å². The minimum Gasteiger partial charge on any atom is -0.341 e. The molecular formula is C14H22N2O. The second kappa shape index (κ2) is 5.82. The van der Waals surface area contributed by atoms with Crippen molar-refractivity contribution in [1.29, 1.82) is 0 Å². The maximum atomic E-state index is 12.2. The monoisotopic (exact) mass is 234 g/mol. The highest BCUT2D eigenvalue weighted by Gasteiger charge is 2.15. The Morgan fingerprint density at radius 3 is 2.59 bits per heavy atom. The summed E-state index contributed by atoms with van der Waals surface area (Å²) in [4.78, 5) is 14.0. The summed E-state index contributed by atoms with van der Waals surface area (Å²) in [5.74, 6) is 0.400. The molecule has 0 bridgehead atoms. The van der Waals surface area contributed by atoms with Crippen LogP contribution in [0.5, 0.6) is 0 Å². The molecule has 0 saturated carbocycles. The van der Waals surface area contributed by atoms with E-state index in [2.05, 4.69) is 0 Å². The van der Waals surface area contributed by atoms with Gasteiger partial charge < -0.3 is 10.6 Å². The topological polar surface area (TPSA) is 46.3 Å². The van der Waals surface area contributed by atoms with Crippen molar-refractivity contribution < 1.29 is 4.79 Å². The minimum absolute atomic E-state index is 0.0720. The third-order valence-corrected chi connectivity index (χ3v) is 2.95. The van der Waals surface area contributed by atoms with Gasteiger partial charge in [0.15, 0.2) is 0 Å². The molecule has 0 aliphatic heterocycles. The lowest BCUT2D eigenvalue weighted by molar-refractivity contribution is 0.0776. The Bertz CT molecular complexity index is 401. The molecule has 1 aromatic carbocycles. The fourth-order valence-electron chi connectivity index (χ4n) is 1.88. The van der Waals surface area contributed by atoms with E-state index in [1.165, 1.54) is 5.56 Å². The molecule has 3 nitrogen and oxygen atoms in total. The lowest BCUT2D eigenvalue weighted by Gasteiger charge is -2.21. The molecule has 0 aliphatic carbocycles. The van der Waals surface area contributed by atoms with Crippen LogP contribution >= 0.6 is 0 Å². The highest BCUT2D eigenvalue weighted by atomic mass is 16.2. The van der Waals surface area contributed by atoms with Crippen LogP contribution in [0, 0.1) is 19.8 Å². The molecule has 3 heteroatoms. The van der Waals surface area contributed by atoms with Gasteiger partial charge in [-0.3, -0.25) is 4.79 Å². The fraction of sp³-hybridized carbons (Fsp3) is 0.500. The Morgan fingerprint density at radius 1 is 1.41 bits per heavy atom. The normalized spacial score (nSPS) is 12.3. The predicted octanol–water partition coefficient (Wildman–Crippen LogP) is 1.97. The highest BCUT2D eigenvalue weighted by molar-refractivity contribution is 5.95. The van der Waals surface area contributed by atoms with Crippen molar-refractivity contribution >= 4 is 5.91 Å². The summed E-state index contributed by atoms with van der Waals surface area (Å²) >= 11 is 0. The van der Waals surface area contributed by atoms with Gasteiger partial charge in [0.1, 0.15) is 0 Å². The molecule has 1 amide bonds. The zero-order valence-electron chi connectivity index (χ0n) is 11.2. The van der Waals surface area contributed by atoms with E-state index in [4.69, 9.17) is 5.73 Å². The molecular weight excluding hydrogens is 212 g/mol. The number of nitrogens with zero attached hydrogens (tertiary/aromatic N) is 1. The molecule has 1 rings (SSSR count). The fourth-order valence-corrected chi connectivity index (χ4v) is 1.88. The standard InChI is InChI=1S/C14H22N2O/c1-10-5-6-13(12(3)7-10)14(17)16(4)9-11(2)8-15/h5-7,11H,8-9,15H2,1-4H3. The van der Waals surface area contributed by atoms with E-state index in [9.17, 15) is 4.79 Å². The van der Waals surface area contributed by atoms with E-state index in [1.54, 1.807) is 4.90 Å². The zero-order valence-corrected chi connectivity index (χ0v) is 11.2. The first-order chi connectivity index (χ1) is 7.95. The van der Waals surface area contributed by atoms with Crippen molar-refractivity contribution in [3.05, 3.63) is 34.9 Å². The molecule has 17 heavy (non-hydrogen) atoms. The van der Waals surface area contributed by atoms with Crippen LogP contribution in [-0.2, 0) is 0 Å². The van der Waals surface area contributed by atoms with Crippen LogP contribution in [-0.4, -0.2) is 30.9 Å². The molecule has 94 valence electrons. The smallest absolute Gasteiger partial charge is 0.253 e. The second-order valence-corrected chi connectivity index (χ2v) is 4.84. The molecule has 0 fully saturated rings. The first kappa shape index (κ1) is 13.7. The number of rotatable bonds is 4. The average molecular weight is 234 g/mol. The zero-order chi connectivity index (χ0) is 13.0. The third kappa shape index (κ3) is 3.56. The van der Waals surface area contributed by atoms with E-state index in [1.807, 2.05) is 46.0 Å². The summed E-state index contributed by atoms with van der Waals surface area (Å²) in [5.41, 5.74) is 8.56. The number of benzene rings is 1. The molecule has 1 aromatic rings. The third-order valence-electron chi connectivity index (χ3n) is 2.95. The lowest BCUT2D eigenvalue weighted by atomic mass is 10.0. The number of carbonyl (C=O) groups is 1. The lowest BCUT2D eigenvalue weighted by Crippen LogP contribution is -2.33.